The molecule has 3 nitrogen and oxygen atoms in total. The van der Waals surface area contributed by atoms with Crippen LogP contribution in [0.4, 0.5) is 11.4 Å². The summed E-state index contributed by atoms with van der Waals surface area (Å²) < 4.78 is 5.32. The normalized spacial score (nSPS) is 20.6. The summed E-state index contributed by atoms with van der Waals surface area (Å²) in [4.78, 5) is 2.48. The third-order valence-corrected chi connectivity index (χ3v) is 3.90. The molecule has 2 rings (SSSR count). The second-order valence-electron chi connectivity index (χ2n) is 5.03. The van der Waals surface area contributed by atoms with Gasteiger partial charge in [0.25, 0.3) is 0 Å². The first-order valence-corrected chi connectivity index (χ1v) is 6.96. The summed E-state index contributed by atoms with van der Waals surface area (Å²) in [6.07, 6.45) is 6.37. The maximum absolute atomic E-state index is 6.15. The van der Waals surface area contributed by atoms with E-state index in [4.69, 9.17) is 10.5 Å². The number of nitrogens with zero attached hydrogens (tertiary/aromatic N) is 1. The number of hydrogen-bond acceptors (Lipinski definition) is 3. The number of anilines is 2. The van der Waals surface area contributed by atoms with Gasteiger partial charge in [-0.2, -0.15) is 0 Å². The Bertz CT molecular complexity index is 392. The van der Waals surface area contributed by atoms with Gasteiger partial charge in [0, 0.05) is 18.7 Å². The molecule has 1 heterocycles. The average Bonchev–Trinajstić information content (AvgIpc) is 2.64. The highest BCUT2D eigenvalue weighted by atomic mass is 16.5. The van der Waals surface area contributed by atoms with Crippen LogP contribution in [0.25, 0.3) is 0 Å². The molecule has 0 aliphatic carbocycles. The molecule has 0 aromatic heterocycles. The molecular weight excluding hydrogens is 224 g/mol. The van der Waals surface area contributed by atoms with Crippen molar-refractivity contribution in [3.05, 3.63) is 18.2 Å². The molecule has 0 spiro atoms. The fourth-order valence-corrected chi connectivity index (χ4v) is 2.82. The van der Waals surface area contributed by atoms with Crippen LogP contribution in [0.5, 0.6) is 5.75 Å². The van der Waals surface area contributed by atoms with Gasteiger partial charge in [0.2, 0.25) is 0 Å². The van der Waals surface area contributed by atoms with E-state index in [1.807, 2.05) is 12.1 Å². The predicted octanol–water partition coefficient (Wildman–Crippen LogP) is 3.44. The van der Waals surface area contributed by atoms with Crippen LogP contribution < -0.4 is 15.4 Å². The van der Waals surface area contributed by atoms with E-state index >= 15 is 0 Å². The van der Waals surface area contributed by atoms with Crippen molar-refractivity contribution in [3.63, 3.8) is 0 Å². The molecule has 1 aliphatic heterocycles. The molecule has 100 valence electrons. The standard InChI is InChI=1S/C15H24N2O/c1-3-12-7-5-4-6-10-17(12)15-11-13(18-2)8-9-14(15)16/h8-9,11-12H,3-7,10,16H2,1-2H3. The zero-order valence-electron chi connectivity index (χ0n) is 11.5. The van der Waals surface area contributed by atoms with Crippen LogP contribution >= 0.6 is 0 Å². The molecule has 1 aromatic carbocycles. The summed E-state index contributed by atoms with van der Waals surface area (Å²) in [5, 5.41) is 0. The van der Waals surface area contributed by atoms with Crippen molar-refractivity contribution in [3.8, 4) is 5.75 Å². The van der Waals surface area contributed by atoms with Crippen molar-refractivity contribution in [2.45, 2.75) is 45.1 Å². The Hall–Kier alpha value is -1.38. The van der Waals surface area contributed by atoms with Gasteiger partial charge in [0.05, 0.1) is 18.5 Å². The molecule has 1 fully saturated rings. The number of nitrogens with two attached hydrogens (primary N) is 1. The maximum atomic E-state index is 6.15. The molecule has 0 bridgehead atoms. The first-order valence-electron chi connectivity index (χ1n) is 6.96. The van der Waals surface area contributed by atoms with Crippen LogP contribution in [0.1, 0.15) is 39.0 Å². The third kappa shape index (κ3) is 2.71. The maximum Gasteiger partial charge on any atom is 0.121 e. The van der Waals surface area contributed by atoms with Gasteiger partial charge in [-0.25, -0.2) is 0 Å². The van der Waals surface area contributed by atoms with Crippen LogP contribution in [-0.2, 0) is 0 Å². The van der Waals surface area contributed by atoms with Crippen LogP contribution in [0, 0.1) is 0 Å². The number of ether oxygens (including phenoxy) is 1. The molecule has 0 amide bonds. The van der Waals surface area contributed by atoms with E-state index in [1.54, 1.807) is 7.11 Å². The Balaban J connectivity index is 2.31. The SMILES string of the molecule is CCC1CCCCCN1c1cc(OC)ccc1N. The molecule has 18 heavy (non-hydrogen) atoms. The van der Waals surface area contributed by atoms with Gasteiger partial charge in [-0.1, -0.05) is 19.8 Å². The van der Waals surface area contributed by atoms with E-state index in [9.17, 15) is 0 Å². The number of benzene rings is 1. The Kier molecular flexibility index (Phi) is 4.34. The highest BCUT2D eigenvalue weighted by molar-refractivity contribution is 5.70. The van der Waals surface area contributed by atoms with E-state index in [2.05, 4.69) is 17.9 Å². The minimum atomic E-state index is 0.613. The average molecular weight is 248 g/mol. The fraction of sp³-hybridized carbons (Fsp3) is 0.600. The van der Waals surface area contributed by atoms with E-state index in [0.717, 1.165) is 23.7 Å². The van der Waals surface area contributed by atoms with E-state index < -0.39 is 0 Å². The van der Waals surface area contributed by atoms with Crippen molar-refractivity contribution in [1.29, 1.82) is 0 Å². The molecule has 1 aromatic rings. The summed E-state index contributed by atoms with van der Waals surface area (Å²) in [5.41, 5.74) is 8.15. The summed E-state index contributed by atoms with van der Waals surface area (Å²) >= 11 is 0. The molecule has 1 saturated heterocycles. The first-order chi connectivity index (χ1) is 8.76. The quantitative estimate of drug-likeness (QED) is 0.833. The van der Waals surface area contributed by atoms with Gasteiger partial charge in [0.1, 0.15) is 5.75 Å². The minimum absolute atomic E-state index is 0.613. The summed E-state index contributed by atoms with van der Waals surface area (Å²) in [6, 6.07) is 6.56. The van der Waals surface area contributed by atoms with Crippen molar-refractivity contribution in [1.82, 2.24) is 0 Å². The Morgan fingerprint density at radius 1 is 1.33 bits per heavy atom. The number of methoxy groups -OCH3 is 1. The molecule has 1 atom stereocenters. The van der Waals surface area contributed by atoms with Gasteiger partial charge in [-0.3, -0.25) is 0 Å². The predicted molar refractivity (Wildman–Crippen MR) is 77.3 cm³/mol. The molecule has 1 unspecified atom stereocenters. The highest BCUT2D eigenvalue weighted by Crippen LogP contribution is 2.33. The second kappa shape index (κ2) is 5.98. The number of hydrogen-bond donors (Lipinski definition) is 1. The summed E-state index contributed by atoms with van der Waals surface area (Å²) in [5.74, 6) is 0.887. The largest absolute Gasteiger partial charge is 0.497 e. The Labute approximate surface area is 110 Å². The summed E-state index contributed by atoms with van der Waals surface area (Å²) in [6.45, 7) is 3.37. The lowest BCUT2D eigenvalue weighted by Gasteiger charge is -2.32. The van der Waals surface area contributed by atoms with Gasteiger partial charge < -0.3 is 15.4 Å². The summed E-state index contributed by atoms with van der Waals surface area (Å²) in [7, 11) is 1.70. The van der Waals surface area contributed by atoms with Gasteiger partial charge in [-0.15, -0.1) is 0 Å². The molecule has 0 radical (unpaired) electrons. The molecule has 0 saturated carbocycles. The topological polar surface area (TPSA) is 38.5 Å². The van der Waals surface area contributed by atoms with Gasteiger partial charge in [0.15, 0.2) is 0 Å². The van der Waals surface area contributed by atoms with Gasteiger partial charge >= 0.3 is 0 Å². The lowest BCUT2D eigenvalue weighted by Crippen LogP contribution is -2.34. The number of nitrogen functional groups attached to an aromatic ring is 1. The molecule has 1 aliphatic rings. The lowest BCUT2D eigenvalue weighted by atomic mass is 10.1. The molecular formula is C15H24N2O. The van der Waals surface area contributed by atoms with E-state index in [0.29, 0.717) is 6.04 Å². The van der Waals surface area contributed by atoms with Crippen LogP contribution in [0.2, 0.25) is 0 Å². The smallest absolute Gasteiger partial charge is 0.121 e. The zero-order chi connectivity index (χ0) is 13.0. The van der Waals surface area contributed by atoms with Crippen molar-refractivity contribution in [2.24, 2.45) is 0 Å². The highest BCUT2D eigenvalue weighted by Gasteiger charge is 2.21. The number of rotatable bonds is 3. The third-order valence-electron chi connectivity index (χ3n) is 3.90. The van der Waals surface area contributed by atoms with Crippen LogP contribution in [-0.4, -0.2) is 19.7 Å². The zero-order valence-corrected chi connectivity index (χ0v) is 11.5. The molecule has 2 N–H and O–H groups in total. The van der Waals surface area contributed by atoms with Crippen molar-refractivity contribution < 1.29 is 4.74 Å². The van der Waals surface area contributed by atoms with Crippen molar-refractivity contribution in [2.75, 3.05) is 24.3 Å². The fourth-order valence-electron chi connectivity index (χ4n) is 2.82. The van der Waals surface area contributed by atoms with Crippen LogP contribution in [0.3, 0.4) is 0 Å². The second-order valence-corrected chi connectivity index (χ2v) is 5.03. The van der Waals surface area contributed by atoms with Gasteiger partial charge in [-0.05, 0) is 31.4 Å². The monoisotopic (exact) mass is 248 g/mol. The molecule has 3 heteroatoms. The van der Waals surface area contributed by atoms with Crippen molar-refractivity contribution >= 4 is 11.4 Å². The van der Waals surface area contributed by atoms with E-state index in [-0.39, 0.29) is 0 Å². The Morgan fingerprint density at radius 2 is 2.17 bits per heavy atom. The van der Waals surface area contributed by atoms with Crippen LogP contribution in [0.15, 0.2) is 18.2 Å². The van der Waals surface area contributed by atoms with E-state index in [1.165, 1.54) is 32.1 Å². The minimum Gasteiger partial charge on any atom is -0.497 e. The first kappa shape index (κ1) is 13.1. The lowest BCUT2D eigenvalue weighted by molar-refractivity contribution is 0.414. The Morgan fingerprint density at radius 3 is 2.89 bits per heavy atom.